The van der Waals surface area contributed by atoms with E-state index in [9.17, 15) is 4.79 Å². The van der Waals surface area contributed by atoms with Crippen LogP contribution in [0, 0.1) is 0 Å². The number of H-pyrrole nitrogens is 1. The van der Waals surface area contributed by atoms with Crippen LogP contribution < -0.4 is 16.4 Å². The van der Waals surface area contributed by atoms with Crippen molar-refractivity contribution in [1.29, 1.82) is 0 Å². The van der Waals surface area contributed by atoms with Crippen molar-refractivity contribution in [3.05, 3.63) is 30.4 Å². The summed E-state index contributed by atoms with van der Waals surface area (Å²) in [5.41, 5.74) is 9.66. The van der Waals surface area contributed by atoms with Crippen molar-refractivity contribution in [1.82, 2.24) is 35.4 Å². The highest BCUT2D eigenvalue weighted by molar-refractivity contribution is 5.81. The average molecular weight is 368 g/mol. The number of fused-ring (bicyclic) bond motifs is 1. The molecule has 0 aromatic carbocycles. The van der Waals surface area contributed by atoms with Crippen LogP contribution in [0.25, 0.3) is 16.8 Å². The molecule has 1 aliphatic rings. The van der Waals surface area contributed by atoms with Gasteiger partial charge in [-0.1, -0.05) is 6.92 Å². The van der Waals surface area contributed by atoms with E-state index in [1.807, 2.05) is 19.2 Å². The Bertz CT molecular complexity index is 924. The molecule has 0 radical (unpaired) electrons. The van der Waals surface area contributed by atoms with Crippen LogP contribution in [0.4, 0.5) is 5.82 Å². The van der Waals surface area contributed by atoms with E-state index in [0.717, 1.165) is 36.1 Å². The molecule has 0 saturated carbocycles. The molecule has 1 fully saturated rings. The number of carbonyl (C=O) groups is 1. The molecule has 3 aromatic rings. The molecule has 2 atom stereocenters. The van der Waals surface area contributed by atoms with Crippen LogP contribution in [0.15, 0.2) is 24.7 Å². The summed E-state index contributed by atoms with van der Waals surface area (Å²) in [6.07, 6.45) is 7.90. The van der Waals surface area contributed by atoms with E-state index in [1.165, 1.54) is 0 Å². The molecule has 9 heteroatoms. The predicted octanol–water partition coefficient (Wildman–Crippen LogP) is 1.06. The molecule has 0 spiro atoms. The highest BCUT2D eigenvalue weighted by Crippen LogP contribution is 2.29. The van der Waals surface area contributed by atoms with Crippen molar-refractivity contribution < 1.29 is 4.79 Å². The Hall–Kier alpha value is -2.94. The monoisotopic (exact) mass is 368 g/mol. The van der Waals surface area contributed by atoms with E-state index in [2.05, 4.69) is 25.9 Å². The highest BCUT2D eigenvalue weighted by atomic mass is 16.2. The molecule has 1 saturated heterocycles. The van der Waals surface area contributed by atoms with Crippen LogP contribution in [0.3, 0.4) is 0 Å². The second kappa shape index (κ2) is 7.36. The van der Waals surface area contributed by atoms with E-state index in [-0.39, 0.29) is 17.9 Å². The number of aromatic amines is 1. The third-order valence-corrected chi connectivity index (χ3v) is 5.03. The zero-order chi connectivity index (χ0) is 18.8. The summed E-state index contributed by atoms with van der Waals surface area (Å²) in [4.78, 5) is 17.0. The number of nitrogens with two attached hydrogens (primary N) is 1. The van der Waals surface area contributed by atoms with Crippen molar-refractivity contribution >= 4 is 17.4 Å². The van der Waals surface area contributed by atoms with Crippen LogP contribution in [0.5, 0.6) is 0 Å². The minimum atomic E-state index is -0.134. The van der Waals surface area contributed by atoms with Crippen LogP contribution in [-0.4, -0.2) is 49.8 Å². The number of hydrogen-bond acceptors (Lipinski definition) is 6. The van der Waals surface area contributed by atoms with Gasteiger partial charge in [0.05, 0.1) is 24.1 Å². The Morgan fingerprint density at radius 3 is 3.00 bits per heavy atom. The lowest BCUT2D eigenvalue weighted by Crippen LogP contribution is -2.48. The van der Waals surface area contributed by atoms with Crippen molar-refractivity contribution in [3.8, 4) is 11.1 Å². The van der Waals surface area contributed by atoms with Crippen molar-refractivity contribution in [2.45, 2.75) is 38.1 Å². The lowest BCUT2D eigenvalue weighted by molar-refractivity contribution is -0.123. The van der Waals surface area contributed by atoms with Gasteiger partial charge >= 0.3 is 0 Å². The summed E-state index contributed by atoms with van der Waals surface area (Å²) < 4.78 is 1.64. The number of nitrogen functional groups attached to an aromatic ring is 1. The zero-order valence-corrected chi connectivity index (χ0v) is 15.3. The molecule has 0 unspecified atom stereocenters. The lowest BCUT2D eigenvalue weighted by Gasteiger charge is -2.29. The molecule has 142 valence electrons. The van der Waals surface area contributed by atoms with E-state index >= 15 is 0 Å². The average Bonchev–Trinajstić information content (AvgIpc) is 3.35. The first-order valence-electron chi connectivity index (χ1n) is 9.31. The summed E-state index contributed by atoms with van der Waals surface area (Å²) >= 11 is 0. The molecule has 3 aromatic heterocycles. The molecule has 1 aliphatic heterocycles. The lowest BCUT2D eigenvalue weighted by atomic mass is 9.91. The fourth-order valence-electron chi connectivity index (χ4n) is 3.52. The first kappa shape index (κ1) is 17.5. The maximum atomic E-state index is 12.1. The van der Waals surface area contributed by atoms with Crippen molar-refractivity contribution in [3.63, 3.8) is 0 Å². The van der Waals surface area contributed by atoms with Gasteiger partial charge in [-0.05, 0) is 19.3 Å². The zero-order valence-electron chi connectivity index (χ0n) is 15.3. The molecule has 0 aliphatic carbocycles. The fraction of sp³-hybridized carbons (Fsp3) is 0.444. The van der Waals surface area contributed by atoms with Crippen LogP contribution in [0.2, 0.25) is 0 Å². The van der Waals surface area contributed by atoms with E-state index in [1.54, 1.807) is 16.9 Å². The van der Waals surface area contributed by atoms with Gasteiger partial charge in [0.2, 0.25) is 5.91 Å². The fourth-order valence-corrected chi connectivity index (χ4v) is 3.52. The minimum absolute atomic E-state index is 0.0799. The molecule has 4 heterocycles. The van der Waals surface area contributed by atoms with Gasteiger partial charge in [0.25, 0.3) is 0 Å². The van der Waals surface area contributed by atoms with Gasteiger partial charge in [-0.2, -0.15) is 14.7 Å². The number of piperidine rings is 1. The molecule has 0 bridgehead atoms. The smallest absolute Gasteiger partial charge is 0.237 e. The Kier molecular flexibility index (Phi) is 4.76. The summed E-state index contributed by atoms with van der Waals surface area (Å²) in [6, 6.07) is 1.74. The minimum Gasteiger partial charge on any atom is -0.384 e. The maximum absolute atomic E-state index is 12.1. The van der Waals surface area contributed by atoms with Crippen LogP contribution in [0.1, 0.15) is 37.8 Å². The molecule has 27 heavy (non-hydrogen) atoms. The number of hydrogen-bond donors (Lipinski definition) is 4. The second-order valence-electron chi connectivity index (χ2n) is 6.91. The molecule has 1 amide bonds. The van der Waals surface area contributed by atoms with Crippen molar-refractivity contribution in [2.24, 2.45) is 0 Å². The van der Waals surface area contributed by atoms with Gasteiger partial charge < -0.3 is 16.4 Å². The van der Waals surface area contributed by atoms with Gasteiger partial charge in [0.15, 0.2) is 5.65 Å². The molecular formula is C18H24N8O. The number of anilines is 1. The first-order valence-corrected chi connectivity index (χ1v) is 9.31. The van der Waals surface area contributed by atoms with Crippen LogP contribution in [-0.2, 0) is 4.79 Å². The molecule has 5 N–H and O–H groups in total. The molecular weight excluding hydrogens is 344 g/mol. The Balaban J connectivity index is 1.55. The number of nitrogens with zero attached hydrogens (tertiary/aromatic N) is 4. The highest BCUT2D eigenvalue weighted by Gasteiger charge is 2.27. The normalized spacial score (nSPS) is 20.0. The summed E-state index contributed by atoms with van der Waals surface area (Å²) in [5, 5.41) is 17.5. The SMILES string of the molecule is CCCNC(=O)[C@@H]1CC[C@H](c2cc(N)n3ncc(-c4cn[nH]c4)c3n2)CN1. The summed E-state index contributed by atoms with van der Waals surface area (Å²) in [7, 11) is 0. The number of carbonyl (C=O) groups excluding carboxylic acids is 1. The van der Waals surface area contributed by atoms with Gasteiger partial charge in [-0.15, -0.1) is 0 Å². The largest absolute Gasteiger partial charge is 0.384 e. The van der Waals surface area contributed by atoms with Gasteiger partial charge in [0, 0.05) is 42.4 Å². The quantitative estimate of drug-likeness (QED) is 0.533. The van der Waals surface area contributed by atoms with Gasteiger partial charge in [-0.3, -0.25) is 9.89 Å². The summed E-state index contributed by atoms with van der Waals surface area (Å²) in [6.45, 7) is 3.46. The van der Waals surface area contributed by atoms with Crippen LogP contribution >= 0.6 is 0 Å². The van der Waals surface area contributed by atoms with E-state index in [0.29, 0.717) is 24.6 Å². The molecule has 9 nitrogen and oxygen atoms in total. The Labute approximate surface area is 156 Å². The second-order valence-corrected chi connectivity index (χ2v) is 6.91. The summed E-state index contributed by atoms with van der Waals surface area (Å²) in [5.74, 6) is 0.837. The Morgan fingerprint density at radius 1 is 1.41 bits per heavy atom. The standard InChI is InChI=1S/C18H24N8O/c1-2-5-20-18(27)14-4-3-11(7-21-14)15-6-16(19)26-17(25-15)13(10-24-26)12-8-22-23-9-12/h6,8-11,14,21H,2-5,7,19H2,1H3,(H,20,27)(H,22,23)/t11-,14-/m0/s1. The van der Waals surface area contributed by atoms with Gasteiger partial charge in [0.1, 0.15) is 5.82 Å². The Morgan fingerprint density at radius 2 is 2.30 bits per heavy atom. The number of amides is 1. The third kappa shape index (κ3) is 3.37. The van der Waals surface area contributed by atoms with Crippen molar-refractivity contribution in [2.75, 3.05) is 18.8 Å². The maximum Gasteiger partial charge on any atom is 0.237 e. The van der Waals surface area contributed by atoms with E-state index in [4.69, 9.17) is 10.7 Å². The first-order chi connectivity index (χ1) is 13.2. The third-order valence-electron chi connectivity index (χ3n) is 5.03. The van der Waals surface area contributed by atoms with Gasteiger partial charge in [-0.25, -0.2) is 4.98 Å². The number of aromatic nitrogens is 5. The topological polar surface area (TPSA) is 126 Å². The predicted molar refractivity (Wildman–Crippen MR) is 102 cm³/mol. The number of rotatable bonds is 5. The van der Waals surface area contributed by atoms with E-state index < -0.39 is 0 Å². The number of nitrogens with one attached hydrogen (secondary N) is 3. The molecule has 4 rings (SSSR count).